The summed E-state index contributed by atoms with van der Waals surface area (Å²) in [5, 5.41) is 8.51. The molecule has 1 saturated heterocycles. The van der Waals surface area contributed by atoms with Crippen LogP contribution in [0.1, 0.15) is 29.6 Å². The topological polar surface area (TPSA) is 50.5 Å². The van der Waals surface area contributed by atoms with Crippen molar-refractivity contribution >= 4 is 40.6 Å². The third-order valence-electron chi connectivity index (χ3n) is 4.16. The van der Waals surface area contributed by atoms with E-state index in [-0.39, 0.29) is 11.9 Å². The van der Waals surface area contributed by atoms with Crippen molar-refractivity contribution in [1.82, 2.24) is 19.5 Å². The van der Waals surface area contributed by atoms with Crippen molar-refractivity contribution < 1.29 is 4.79 Å². The summed E-state index contributed by atoms with van der Waals surface area (Å²) in [6.45, 7) is 0.737. The van der Waals surface area contributed by atoms with E-state index in [9.17, 15) is 4.79 Å². The van der Waals surface area contributed by atoms with Gasteiger partial charge < -0.3 is 4.90 Å². The molecule has 1 unspecified atom stereocenters. The number of aromatic nitrogens is 3. The predicted octanol–water partition coefficient (Wildman–Crippen LogP) is 3.82. The Labute approximate surface area is 148 Å². The van der Waals surface area contributed by atoms with Gasteiger partial charge in [0.2, 0.25) is 5.91 Å². The lowest BCUT2D eigenvalue weighted by molar-refractivity contribution is -0.127. The van der Waals surface area contributed by atoms with Gasteiger partial charge in [0.05, 0.1) is 10.4 Å². The van der Waals surface area contributed by atoms with Crippen LogP contribution in [0.15, 0.2) is 42.6 Å². The maximum Gasteiger partial charge on any atom is 0.247 e. The number of rotatable bonds is 3. The van der Waals surface area contributed by atoms with Gasteiger partial charge in [0, 0.05) is 23.7 Å². The Bertz CT molecular complexity index is 916. The number of fused-ring (bicyclic) bond motifs is 1. The molecule has 0 saturated carbocycles. The third kappa shape index (κ3) is 2.83. The van der Waals surface area contributed by atoms with Crippen molar-refractivity contribution in [3.05, 3.63) is 57.6 Å². The molecule has 4 heterocycles. The lowest BCUT2D eigenvalue weighted by atomic mass is 10.2. The van der Waals surface area contributed by atoms with Crippen molar-refractivity contribution in [3.8, 4) is 0 Å². The van der Waals surface area contributed by atoms with Gasteiger partial charge in [-0.15, -0.1) is 21.5 Å². The van der Waals surface area contributed by atoms with Gasteiger partial charge >= 0.3 is 0 Å². The highest BCUT2D eigenvalue weighted by atomic mass is 35.5. The van der Waals surface area contributed by atoms with E-state index in [1.54, 1.807) is 6.08 Å². The van der Waals surface area contributed by atoms with E-state index in [1.807, 2.05) is 51.9 Å². The minimum atomic E-state index is -0.0357. The van der Waals surface area contributed by atoms with Gasteiger partial charge in [0.25, 0.3) is 0 Å². The molecular weight excluding hydrogens is 344 g/mol. The minimum absolute atomic E-state index is 0.00490. The maximum atomic E-state index is 12.6. The first-order valence-corrected chi connectivity index (χ1v) is 8.95. The molecule has 24 heavy (non-hydrogen) atoms. The average molecular weight is 359 g/mol. The van der Waals surface area contributed by atoms with Crippen molar-refractivity contribution in [2.24, 2.45) is 0 Å². The molecule has 1 fully saturated rings. The number of halogens is 1. The summed E-state index contributed by atoms with van der Waals surface area (Å²) in [5.41, 5.74) is 0.801. The highest BCUT2D eigenvalue weighted by Crippen LogP contribution is 2.31. The van der Waals surface area contributed by atoms with E-state index < -0.39 is 0 Å². The SMILES string of the molecule is O=C(/C=C/c1ccc(Cl)s1)N1CCCC1c1nnc2ccccn12. The molecular formula is C17H15ClN4OS. The summed E-state index contributed by atoms with van der Waals surface area (Å²) in [7, 11) is 0. The number of nitrogens with zero attached hydrogens (tertiary/aromatic N) is 4. The summed E-state index contributed by atoms with van der Waals surface area (Å²) in [6.07, 6.45) is 7.24. The largest absolute Gasteiger partial charge is 0.329 e. The summed E-state index contributed by atoms with van der Waals surface area (Å²) in [5.74, 6) is 0.818. The predicted molar refractivity (Wildman–Crippen MR) is 95.0 cm³/mol. The van der Waals surface area contributed by atoms with E-state index >= 15 is 0 Å². The van der Waals surface area contributed by atoms with E-state index in [1.165, 1.54) is 11.3 Å². The summed E-state index contributed by atoms with van der Waals surface area (Å²) in [4.78, 5) is 15.5. The fourth-order valence-electron chi connectivity index (χ4n) is 3.05. The lowest BCUT2D eigenvalue weighted by Gasteiger charge is -2.22. The normalized spacial score (nSPS) is 18.0. The Hall–Kier alpha value is -2.18. The van der Waals surface area contributed by atoms with Gasteiger partial charge in [-0.2, -0.15) is 0 Å². The van der Waals surface area contributed by atoms with Crippen molar-refractivity contribution in [3.63, 3.8) is 0 Å². The van der Waals surface area contributed by atoms with Gasteiger partial charge in [0.15, 0.2) is 11.5 Å². The van der Waals surface area contributed by atoms with Gasteiger partial charge in [0.1, 0.15) is 0 Å². The molecule has 3 aromatic rings. The summed E-state index contributed by atoms with van der Waals surface area (Å²) >= 11 is 7.37. The van der Waals surface area contributed by atoms with Crippen molar-refractivity contribution in [2.45, 2.75) is 18.9 Å². The first kappa shape index (κ1) is 15.4. The zero-order valence-corrected chi connectivity index (χ0v) is 14.4. The molecule has 1 aliphatic rings. The van der Waals surface area contributed by atoms with Gasteiger partial charge in [-0.3, -0.25) is 9.20 Å². The van der Waals surface area contributed by atoms with Crippen LogP contribution in [0, 0.1) is 0 Å². The second kappa shape index (κ2) is 6.37. The molecule has 0 aliphatic carbocycles. The molecule has 0 aromatic carbocycles. The quantitative estimate of drug-likeness (QED) is 0.669. The highest BCUT2D eigenvalue weighted by Gasteiger charge is 2.32. The van der Waals surface area contributed by atoms with Crippen LogP contribution in [-0.2, 0) is 4.79 Å². The van der Waals surface area contributed by atoms with Gasteiger partial charge in [-0.1, -0.05) is 17.7 Å². The molecule has 4 rings (SSSR count). The second-order valence-corrected chi connectivity index (χ2v) is 7.40. The van der Waals surface area contributed by atoms with Gasteiger partial charge in [-0.25, -0.2) is 0 Å². The van der Waals surface area contributed by atoms with E-state index in [0.29, 0.717) is 0 Å². The molecule has 5 nitrogen and oxygen atoms in total. The zero-order valence-electron chi connectivity index (χ0n) is 12.8. The van der Waals surface area contributed by atoms with Gasteiger partial charge in [-0.05, 0) is 43.2 Å². The average Bonchev–Trinajstić information content (AvgIpc) is 3.31. The van der Waals surface area contributed by atoms with Crippen LogP contribution in [-0.4, -0.2) is 31.9 Å². The standard InChI is InChI=1S/C17H15ClN4OS/c18-14-8-6-12(24-14)7-9-16(23)21-11-3-4-13(21)17-20-19-15-5-1-2-10-22(15)17/h1-2,5-10,13H,3-4,11H2/b9-7+. The fraction of sp³-hybridized carbons (Fsp3) is 0.235. The smallest absolute Gasteiger partial charge is 0.247 e. The fourth-order valence-corrected chi connectivity index (χ4v) is 4.02. The van der Waals surface area contributed by atoms with Crippen LogP contribution in [0.4, 0.5) is 0 Å². The van der Waals surface area contributed by atoms with Crippen molar-refractivity contribution in [1.29, 1.82) is 0 Å². The first-order chi connectivity index (χ1) is 11.7. The number of carbonyl (C=O) groups excluding carboxylic acids is 1. The Kier molecular flexibility index (Phi) is 4.08. The minimum Gasteiger partial charge on any atom is -0.329 e. The molecule has 1 amide bonds. The number of pyridine rings is 1. The number of hydrogen-bond donors (Lipinski definition) is 0. The zero-order chi connectivity index (χ0) is 16.5. The number of thiophene rings is 1. The van der Waals surface area contributed by atoms with Crippen LogP contribution in [0.3, 0.4) is 0 Å². The van der Waals surface area contributed by atoms with Crippen LogP contribution < -0.4 is 0 Å². The number of amides is 1. The number of carbonyl (C=O) groups is 1. The van der Waals surface area contributed by atoms with Crippen LogP contribution in [0.25, 0.3) is 11.7 Å². The molecule has 0 bridgehead atoms. The van der Waals surface area contributed by atoms with E-state index in [0.717, 1.165) is 40.1 Å². The second-order valence-electron chi connectivity index (χ2n) is 5.65. The Morgan fingerprint density at radius 2 is 2.21 bits per heavy atom. The van der Waals surface area contributed by atoms with E-state index in [2.05, 4.69) is 10.2 Å². The lowest BCUT2D eigenvalue weighted by Crippen LogP contribution is -2.30. The Morgan fingerprint density at radius 1 is 1.29 bits per heavy atom. The monoisotopic (exact) mass is 358 g/mol. The number of likely N-dealkylation sites (tertiary alicyclic amines) is 1. The highest BCUT2D eigenvalue weighted by molar-refractivity contribution is 7.17. The summed E-state index contributed by atoms with van der Waals surface area (Å²) in [6, 6.07) is 9.49. The Balaban J connectivity index is 1.58. The number of hydrogen-bond acceptors (Lipinski definition) is 4. The van der Waals surface area contributed by atoms with Crippen molar-refractivity contribution in [2.75, 3.05) is 6.54 Å². The van der Waals surface area contributed by atoms with Crippen LogP contribution in [0.5, 0.6) is 0 Å². The molecule has 0 N–H and O–H groups in total. The Morgan fingerprint density at radius 3 is 3.04 bits per heavy atom. The van der Waals surface area contributed by atoms with E-state index in [4.69, 9.17) is 11.6 Å². The third-order valence-corrected chi connectivity index (χ3v) is 5.35. The molecule has 7 heteroatoms. The molecule has 122 valence electrons. The molecule has 3 aromatic heterocycles. The molecule has 0 radical (unpaired) electrons. The maximum absolute atomic E-state index is 12.6. The summed E-state index contributed by atoms with van der Waals surface area (Å²) < 4.78 is 2.68. The van der Waals surface area contributed by atoms with Crippen LogP contribution >= 0.6 is 22.9 Å². The molecule has 1 aliphatic heterocycles. The molecule has 0 spiro atoms. The first-order valence-electron chi connectivity index (χ1n) is 7.76. The molecule has 1 atom stereocenters. The van der Waals surface area contributed by atoms with Crippen LogP contribution in [0.2, 0.25) is 4.34 Å².